The maximum atomic E-state index is 12.3. The summed E-state index contributed by atoms with van der Waals surface area (Å²) < 4.78 is 27.1. The lowest BCUT2D eigenvalue weighted by Gasteiger charge is -2.10. The van der Waals surface area contributed by atoms with E-state index in [-0.39, 0.29) is 15.8 Å². The second kappa shape index (κ2) is 6.37. The van der Waals surface area contributed by atoms with Crippen molar-refractivity contribution >= 4 is 38.9 Å². The van der Waals surface area contributed by atoms with Gasteiger partial charge in [-0.1, -0.05) is 17.7 Å². The molecule has 7 heteroatoms. The third-order valence-electron chi connectivity index (χ3n) is 2.83. The van der Waals surface area contributed by atoms with Gasteiger partial charge >= 0.3 is 0 Å². The number of sulfonamides is 1. The third kappa shape index (κ3) is 3.99. The smallest absolute Gasteiger partial charge is 0.263 e. The average Bonchev–Trinajstić information content (AvgIpc) is 2.39. The summed E-state index contributed by atoms with van der Waals surface area (Å²) in [6, 6.07) is 11.1. The molecule has 0 aromatic heterocycles. The first-order valence-electron chi connectivity index (χ1n) is 6.44. The summed E-state index contributed by atoms with van der Waals surface area (Å²) >= 11 is 6.00. The minimum atomic E-state index is -3.77. The second-order valence-corrected chi connectivity index (χ2v) is 6.86. The molecule has 1 amide bonds. The maximum Gasteiger partial charge on any atom is 0.263 e. The van der Waals surface area contributed by atoms with Crippen LogP contribution in [0.4, 0.5) is 11.4 Å². The van der Waals surface area contributed by atoms with Crippen molar-refractivity contribution < 1.29 is 13.2 Å². The van der Waals surface area contributed by atoms with E-state index >= 15 is 0 Å². The molecule has 22 heavy (non-hydrogen) atoms. The van der Waals surface area contributed by atoms with Crippen LogP contribution in [0.15, 0.2) is 47.4 Å². The molecule has 2 aromatic carbocycles. The zero-order valence-corrected chi connectivity index (χ0v) is 13.6. The van der Waals surface area contributed by atoms with Crippen molar-refractivity contribution in [1.29, 1.82) is 0 Å². The highest BCUT2D eigenvalue weighted by atomic mass is 35.5. The van der Waals surface area contributed by atoms with Gasteiger partial charge in [-0.2, -0.15) is 0 Å². The molecule has 0 saturated heterocycles. The molecular weight excluding hydrogens is 324 g/mol. The summed E-state index contributed by atoms with van der Waals surface area (Å²) in [5.74, 6) is -0.195. The number of carbonyl (C=O) groups excluding carboxylic acids is 1. The van der Waals surface area contributed by atoms with Crippen LogP contribution in [0.25, 0.3) is 0 Å². The zero-order chi connectivity index (χ0) is 16.3. The number of anilines is 2. The predicted molar refractivity (Wildman–Crippen MR) is 87.7 cm³/mol. The molecule has 2 aromatic rings. The lowest BCUT2D eigenvalue weighted by atomic mass is 10.2. The van der Waals surface area contributed by atoms with Gasteiger partial charge in [0.25, 0.3) is 10.0 Å². The van der Waals surface area contributed by atoms with E-state index in [1.165, 1.54) is 13.0 Å². The normalized spacial score (nSPS) is 11.0. The molecule has 116 valence electrons. The van der Waals surface area contributed by atoms with Crippen LogP contribution in [0.5, 0.6) is 0 Å². The van der Waals surface area contributed by atoms with Gasteiger partial charge in [-0.25, -0.2) is 8.42 Å². The molecule has 2 rings (SSSR count). The van der Waals surface area contributed by atoms with Crippen molar-refractivity contribution in [3.8, 4) is 0 Å². The Hall–Kier alpha value is -2.05. The molecule has 0 atom stereocenters. The van der Waals surface area contributed by atoms with E-state index in [0.717, 1.165) is 5.56 Å². The Morgan fingerprint density at radius 3 is 2.18 bits per heavy atom. The number of benzene rings is 2. The SMILES string of the molecule is CC(=O)Nc1ccc(NS(=O)(=O)c2ccc(C)cc2Cl)cc1. The summed E-state index contributed by atoms with van der Waals surface area (Å²) in [6.07, 6.45) is 0. The Morgan fingerprint density at radius 1 is 1.05 bits per heavy atom. The Labute approximate surface area is 134 Å². The summed E-state index contributed by atoms with van der Waals surface area (Å²) in [4.78, 5) is 11.0. The molecular formula is C15H15ClN2O3S. The molecule has 0 bridgehead atoms. The number of aryl methyl sites for hydroxylation is 1. The van der Waals surface area contributed by atoms with E-state index in [9.17, 15) is 13.2 Å². The Morgan fingerprint density at radius 2 is 1.64 bits per heavy atom. The lowest BCUT2D eigenvalue weighted by Crippen LogP contribution is -2.13. The standard InChI is InChI=1S/C15H15ClN2O3S/c1-10-3-8-15(14(16)9-10)22(20,21)18-13-6-4-12(5-7-13)17-11(2)19/h3-9,18H,1-2H3,(H,17,19). The number of hydrogen-bond donors (Lipinski definition) is 2. The van der Waals surface area contributed by atoms with Gasteiger partial charge in [0.2, 0.25) is 5.91 Å². The molecule has 0 aliphatic carbocycles. The van der Waals surface area contributed by atoms with Crippen LogP contribution in [0.3, 0.4) is 0 Å². The van der Waals surface area contributed by atoms with Crippen LogP contribution in [-0.2, 0) is 14.8 Å². The number of nitrogens with one attached hydrogen (secondary N) is 2. The van der Waals surface area contributed by atoms with Gasteiger partial charge in [-0.15, -0.1) is 0 Å². The molecule has 0 unspecified atom stereocenters. The maximum absolute atomic E-state index is 12.3. The highest BCUT2D eigenvalue weighted by Gasteiger charge is 2.17. The quantitative estimate of drug-likeness (QED) is 0.897. The molecule has 0 spiro atoms. The van der Waals surface area contributed by atoms with Crippen molar-refractivity contribution in [2.24, 2.45) is 0 Å². The number of carbonyl (C=O) groups is 1. The number of halogens is 1. The van der Waals surface area contributed by atoms with Gasteiger partial charge < -0.3 is 5.32 Å². The average molecular weight is 339 g/mol. The summed E-state index contributed by atoms with van der Waals surface area (Å²) in [6.45, 7) is 3.23. The molecule has 0 aliphatic rings. The molecule has 0 heterocycles. The van der Waals surface area contributed by atoms with E-state index in [4.69, 9.17) is 11.6 Å². The van der Waals surface area contributed by atoms with E-state index in [1.807, 2.05) is 6.92 Å². The molecule has 5 nitrogen and oxygen atoms in total. The van der Waals surface area contributed by atoms with Gasteiger partial charge in [0, 0.05) is 18.3 Å². The summed E-state index contributed by atoms with van der Waals surface area (Å²) in [5, 5.41) is 2.77. The largest absolute Gasteiger partial charge is 0.326 e. The summed E-state index contributed by atoms with van der Waals surface area (Å²) in [5.41, 5.74) is 1.85. The number of amides is 1. The van der Waals surface area contributed by atoms with Crippen LogP contribution >= 0.6 is 11.6 Å². The third-order valence-corrected chi connectivity index (χ3v) is 4.70. The monoisotopic (exact) mass is 338 g/mol. The Balaban J connectivity index is 2.23. The van der Waals surface area contributed by atoms with Gasteiger partial charge in [-0.05, 0) is 48.9 Å². The van der Waals surface area contributed by atoms with Gasteiger partial charge in [-0.3, -0.25) is 9.52 Å². The van der Waals surface area contributed by atoms with E-state index in [0.29, 0.717) is 11.4 Å². The van der Waals surface area contributed by atoms with Crippen molar-refractivity contribution in [3.63, 3.8) is 0 Å². The van der Waals surface area contributed by atoms with Crippen LogP contribution in [-0.4, -0.2) is 14.3 Å². The number of hydrogen-bond acceptors (Lipinski definition) is 3. The predicted octanol–water partition coefficient (Wildman–Crippen LogP) is 3.41. The van der Waals surface area contributed by atoms with Crippen molar-refractivity contribution in [1.82, 2.24) is 0 Å². The molecule has 2 N–H and O–H groups in total. The highest BCUT2D eigenvalue weighted by Crippen LogP contribution is 2.25. The minimum absolute atomic E-state index is 0.0192. The first kappa shape index (κ1) is 16.3. The minimum Gasteiger partial charge on any atom is -0.326 e. The molecule has 0 saturated carbocycles. The van der Waals surface area contributed by atoms with Crippen LogP contribution in [0.1, 0.15) is 12.5 Å². The molecule has 0 radical (unpaired) electrons. The fourth-order valence-electron chi connectivity index (χ4n) is 1.86. The second-order valence-electron chi connectivity index (χ2n) is 4.80. The topological polar surface area (TPSA) is 75.3 Å². The van der Waals surface area contributed by atoms with Crippen LogP contribution in [0.2, 0.25) is 5.02 Å². The van der Waals surface area contributed by atoms with E-state index < -0.39 is 10.0 Å². The first-order valence-corrected chi connectivity index (χ1v) is 8.31. The van der Waals surface area contributed by atoms with Crippen LogP contribution < -0.4 is 10.0 Å². The fourth-order valence-corrected chi connectivity index (χ4v) is 3.52. The van der Waals surface area contributed by atoms with E-state index in [2.05, 4.69) is 10.0 Å². The highest BCUT2D eigenvalue weighted by molar-refractivity contribution is 7.92. The molecule has 0 fully saturated rings. The molecule has 0 aliphatic heterocycles. The Kier molecular flexibility index (Phi) is 4.73. The van der Waals surface area contributed by atoms with Gasteiger partial charge in [0.1, 0.15) is 4.90 Å². The number of rotatable bonds is 4. The lowest BCUT2D eigenvalue weighted by molar-refractivity contribution is -0.114. The summed E-state index contributed by atoms with van der Waals surface area (Å²) in [7, 11) is -3.77. The first-order chi connectivity index (χ1) is 10.3. The fraction of sp³-hybridized carbons (Fsp3) is 0.133. The van der Waals surface area contributed by atoms with Crippen LogP contribution in [0, 0.1) is 6.92 Å². The van der Waals surface area contributed by atoms with Gasteiger partial charge in [0.15, 0.2) is 0 Å². The van der Waals surface area contributed by atoms with Crippen molar-refractivity contribution in [2.45, 2.75) is 18.7 Å². The zero-order valence-electron chi connectivity index (χ0n) is 12.1. The van der Waals surface area contributed by atoms with E-state index in [1.54, 1.807) is 36.4 Å². The van der Waals surface area contributed by atoms with Crippen molar-refractivity contribution in [3.05, 3.63) is 53.1 Å². The Bertz CT molecular complexity index is 802. The van der Waals surface area contributed by atoms with Crippen molar-refractivity contribution in [2.75, 3.05) is 10.0 Å². The van der Waals surface area contributed by atoms with Gasteiger partial charge in [0.05, 0.1) is 5.02 Å².